The summed E-state index contributed by atoms with van der Waals surface area (Å²) in [5.41, 5.74) is 0.232. The van der Waals surface area contributed by atoms with E-state index in [9.17, 15) is 9.90 Å². The highest BCUT2D eigenvalue weighted by Gasteiger charge is 2.10. The average Bonchev–Trinajstić information content (AvgIpc) is 2.24. The lowest BCUT2D eigenvalue weighted by Crippen LogP contribution is -2.24. The Labute approximate surface area is 104 Å². The van der Waals surface area contributed by atoms with E-state index >= 15 is 0 Å². The van der Waals surface area contributed by atoms with Crippen molar-refractivity contribution in [3.05, 3.63) is 28.8 Å². The first-order valence-electron chi connectivity index (χ1n) is 4.98. The SMILES string of the molecule is O=C(NCCCCCl)c1ccc(Cl)cc1O. The fourth-order valence-electron chi connectivity index (χ4n) is 1.21. The van der Waals surface area contributed by atoms with Crippen molar-refractivity contribution < 1.29 is 9.90 Å². The summed E-state index contributed by atoms with van der Waals surface area (Å²) in [5, 5.41) is 12.6. The summed E-state index contributed by atoms with van der Waals surface area (Å²) < 4.78 is 0. The molecule has 1 aromatic rings. The lowest BCUT2D eigenvalue weighted by atomic mass is 10.2. The number of rotatable bonds is 5. The van der Waals surface area contributed by atoms with Crippen molar-refractivity contribution in [2.24, 2.45) is 0 Å². The largest absolute Gasteiger partial charge is 0.507 e. The first-order chi connectivity index (χ1) is 7.65. The van der Waals surface area contributed by atoms with Crippen LogP contribution in [0.2, 0.25) is 5.02 Å². The van der Waals surface area contributed by atoms with Crippen LogP contribution in [0.1, 0.15) is 23.2 Å². The topological polar surface area (TPSA) is 49.3 Å². The van der Waals surface area contributed by atoms with Crippen LogP contribution >= 0.6 is 23.2 Å². The zero-order chi connectivity index (χ0) is 12.0. The van der Waals surface area contributed by atoms with Crippen LogP contribution < -0.4 is 5.32 Å². The molecule has 0 radical (unpaired) electrons. The third kappa shape index (κ3) is 3.91. The minimum atomic E-state index is -0.302. The fraction of sp³-hybridized carbons (Fsp3) is 0.364. The van der Waals surface area contributed by atoms with Crippen LogP contribution in [0.4, 0.5) is 0 Å². The van der Waals surface area contributed by atoms with Gasteiger partial charge in [0.25, 0.3) is 5.91 Å². The van der Waals surface area contributed by atoms with Crippen molar-refractivity contribution in [1.29, 1.82) is 0 Å². The molecule has 0 aliphatic rings. The van der Waals surface area contributed by atoms with Gasteiger partial charge in [0.2, 0.25) is 0 Å². The van der Waals surface area contributed by atoms with Crippen LogP contribution in [0.25, 0.3) is 0 Å². The molecule has 0 unspecified atom stereocenters. The maximum Gasteiger partial charge on any atom is 0.255 e. The average molecular weight is 262 g/mol. The molecule has 1 rings (SSSR count). The molecular weight excluding hydrogens is 249 g/mol. The number of phenols is 1. The summed E-state index contributed by atoms with van der Waals surface area (Å²) >= 11 is 11.2. The van der Waals surface area contributed by atoms with E-state index in [2.05, 4.69) is 5.32 Å². The number of hydrogen-bond acceptors (Lipinski definition) is 2. The quantitative estimate of drug-likeness (QED) is 0.633. The fourth-order valence-corrected chi connectivity index (χ4v) is 1.57. The van der Waals surface area contributed by atoms with Crippen molar-refractivity contribution in [1.82, 2.24) is 5.32 Å². The molecule has 0 aliphatic carbocycles. The van der Waals surface area contributed by atoms with Gasteiger partial charge in [0.1, 0.15) is 5.75 Å². The molecule has 0 aliphatic heterocycles. The Morgan fingerprint density at radius 3 is 2.75 bits per heavy atom. The number of phenolic OH excluding ortho intramolecular Hbond substituents is 1. The van der Waals surface area contributed by atoms with Crippen molar-refractivity contribution in [2.75, 3.05) is 12.4 Å². The molecule has 1 aromatic carbocycles. The van der Waals surface area contributed by atoms with Crippen LogP contribution in [-0.4, -0.2) is 23.4 Å². The Kier molecular flexibility index (Phi) is 5.43. The second-order valence-electron chi connectivity index (χ2n) is 3.31. The first kappa shape index (κ1) is 13.1. The molecule has 5 heteroatoms. The highest BCUT2D eigenvalue weighted by Crippen LogP contribution is 2.21. The molecular formula is C11H13Cl2NO2. The standard InChI is InChI=1S/C11H13Cl2NO2/c12-5-1-2-6-14-11(16)9-4-3-8(13)7-10(9)15/h3-4,7,15H,1-2,5-6H2,(H,14,16). The zero-order valence-corrected chi connectivity index (χ0v) is 10.2. The third-order valence-electron chi connectivity index (χ3n) is 2.05. The van der Waals surface area contributed by atoms with Crippen molar-refractivity contribution in [3.8, 4) is 5.75 Å². The second-order valence-corrected chi connectivity index (χ2v) is 4.13. The Morgan fingerprint density at radius 2 is 2.12 bits per heavy atom. The number of unbranched alkanes of at least 4 members (excludes halogenated alkanes) is 1. The molecule has 0 atom stereocenters. The second kappa shape index (κ2) is 6.61. The van der Waals surface area contributed by atoms with Gasteiger partial charge in [-0.1, -0.05) is 11.6 Å². The predicted molar refractivity (Wildman–Crippen MR) is 65.4 cm³/mol. The maximum absolute atomic E-state index is 11.6. The first-order valence-corrected chi connectivity index (χ1v) is 5.89. The van der Waals surface area contributed by atoms with Gasteiger partial charge < -0.3 is 10.4 Å². The summed E-state index contributed by atoms with van der Waals surface area (Å²) in [7, 11) is 0. The van der Waals surface area contributed by atoms with E-state index in [0.29, 0.717) is 17.4 Å². The molecule has 88 valence electrons. The van der Waals surface area contributed by atoms with Crippen LogP contribution in [0.3, 0.4) is 0 Å². The van der Waals surface area contributed by atoms with Crippen LogP contribution in [0.5, 0.6) is 5.75 Å². The molecule has 3 nitrogen and oxygen atoms in total. The maximum atomic E-state index is 11.6. The number of benzene rings is 1. The highest BCUT2D eigenvalue weighted by molar-refractivity contribution is 6.30. The molecule has 0 aromatic heterocycles. The van der Waals surface area contributed by atoms with E-state index in [-0.39, 0.29) is 17.2 Å². The Hall–Kier alpha value is -0.930. The molecule has 0 saturated heterocycles. The van der Waals surface area contributed by atoms with Crippen LogP contribution in [0, 0.1) is 0 Å². The predicted octanol–water partition coefficient (Wildman–Crippen LogP) is 2.79. The van der Waals surface area contributed by atoms with Gasteiger partial charge in [0, 0.05) is 17.4 Å². The summed E-state index contributed by atoms with van der Waals surface area (Å²) in [4.78, 5) is 11.6. The van der Waals surface area contributed by atoms with Crippen molar-refractivity contribution in [3.63, 3.8) is 0 Å². The number of alkyl halides is 1. The van der Waals surface area contributed by atoms with Gasteiger partial charge in [0.05, 0.1) is 5.56 Å². The number of amides is 1. The van der Waals surface area contributed by atoms with Gasteiger partial charge in [-0.25, -0.2) is 0 Å². The Bertz CT molecular complexity index is 369. The number of aromatic hydroxyl groups is 1. The number of nitrogens with one attached hydrogen (secondary N) is 1. The minimum Gasteiger partial charge on any atom is -0.507 e. The molecule has 16 heavy (non-hydrogen) atoms. The van der Waals surface area contributed by atoms with E-state index < -0.39 is 0 Å². The number of hydrogen-bond donors (Lipinski definition) is 2. The summed E-state index contributed by atoms with van der Waals surface area (Å²) in [6, 6.07) is 4.40. The van der Waals surface area contributed by atoms with E-state index in [4.69, 9.17) is 23.2 Å². The third-order valence-corrected chi connectivity index (χ3v) is 2.55. The summed E-state index contributed by atoms with van der Waals surface area (Å²) in [6.07, 6.45) is 1.68. The Balaban J connectivity index is 2.53. The monoisotopic (exact) mass is 261 g/mol. The van der Waals surface area contributed by atoms with Gasteiger partial charge in [-0.2, -0.15) is 0 Å². The van der Waals surface area contributed by atoms with Crippen LogP contribution in [0.15, 0.2) is 18.2 Å². The van der Waals surface area contributed by atoms with Gasteiger partial charge in [-0.3, -0.25) is 4.79 Å². The molecule has 0 spiro atoms. The van der Waals surface area contributed by atoms with Gasteiger partial charge >= 0.3 is 0 Å². The van der Waals surface area contributed by atoms with E-state index in [0.717, 1.165) is 12.8 Å². The minimum absolute atomic E-state index is 0.109. The number of carbonyl (C=O) groups is 1. The van der Waals surface area contributed by atoms with Gasteiger partial charge in [0.15, 0.2) is 0 Å². The van der Waals surface area contributed by atoms with E-state index in [1.165, 1.54) is 12.1 Å². The molecule has 0 fully saturated rings. The molecule has 0 saturated carbocycles. The summed E-state index contributed by atoms with van der Waals surface area (Å²) in [5.74, 6) is 0.174. The smallest absolute Gasteiger partial charge is 0.255 e. The molecule has 0 bridgehead atoms. The van der Waals surface area contributed by atoms with Crippen molar-refractivity contribution in [2.45, 2.75) is 12.8 Å². The van der Waals surface area contributed by atoms with E-state index in [1.54, 1.807) is 6.07 Å². The highest BCUT2D eigenvalue weighted by atomic mass is 35.5. The lowest BCUT2D eigenvalue weighted by Gasteiger charge is -2.06. The normalized spacial score (nSPS) is 10.1. The number of carbonyl (C=O) groups excluding carboxylic acids is 1. The van der Waals surface area contributed by atoms with Crippen LogP contribution in [-0.2, 0) is 0 Å². The molecule has 2 N–H and O–H groups in total. The lowest BCUT2D eigenvalue weighted by molar-refractivity contribution is 0.0950. The van der Waals surface area contributed by atoms with Crippen molar-refractivity contribution >= 4 is 29.1 Å². The molecule has 1 amide bonds. The van der Waals surface area contributed by atoms with Gasteiger partial charge in [-0.05, 0) is 31.0 Å². The summed E-state index contributed by atoms with van der Waals surface area (Å²) in [6.45, 7) is 0.549. The zero-order valence-electron chi connectivity index (χ0n) is 8.67. The van der Waals surface area contributed by atoms with Gasteiger partial charge in [-0.15, -0.1) is 11.6 Å². The molecule has 0 heterocycles. The van der Waals surface area contributed by atoms with E-state index in [1.807, 2.05) is 0 Å². The Morgan fingerprint density at radius 1 is 1.38 bits per heavy atom. The number of halogens is 2.